The Morgan fingerprint density at radius 1 is 1.13 bits per heavy atom. The van der Waals surface area contributed by atoms with Gasteiger partial charge in [-0.25, -0.2) is 0 Å². The third-order valence-corrected chi connectivity index (χ3v) is 3.16. The topological polar surface area (TPSA) is 90.9 Å². The fourth-order valence-electron chi connectivity index (χ4n) is 2.04. The lowest BCUT2D eigenvalue weighted by molar-refractivity contribution is -0.148. The van der Waals surface area contributed by atoms with Gasteiger partial charge < -0.3 is 19.5 Å². The molecule has 0 saturated carbocycles. The van der Waals surface area contributed by atoms with E-state index in [1.807, 2.05) is 0 Å². The molecule has 1 aromatic rings. The molecule has 23 heavy (non-hydrogen) atoms. The fraction of sp³-hybridized carbons (Fsp3) is 0.438. The lowest BCUT2D eigenvalue weighted by Gasteiger charge is -2.18. The number of Topliss-reactive ketones (excluding diaryl/α,β-unsaturated/α-hetero) is 1. The largest absolute Gasteiger partial charge is 0.486 e. The number of ketones is 1. The summed E-state index contributed by atoms with van der Waals surface area (Å²) in [6.45, 7) is 2.84. The number of fused-ring (bicyclic) bond motifs is 1. The predicted octanol–water partition coefficient (Wildman–Crippen LogP) is 1.10. The Morgan fingerprint density at radius 2 is 1.87 bits per heavy atom. The molecule has 7 nitrogen and oxygen atoms in total. The first-order valence-corrected chi connectivity index (χ1v) is 7.45. The highest BCUT2D eigenvalue weighted by molar-refractivity contribution is 5.98. The highest BCUT2D eigenvalue weighted by Crippen LogP contribution is 2.31. The van der Waals surface area contributed by atoms with Crippen molar-refractivity contribution in [3.8, 4) is 11.5 Å². The van der Waals surface area contributed by atoms with Gasteiger partial charge in [0.25, 0.3) is 5.91 Å². The molecule has 0 radical (unpaired) electrons. The van der Waals surface area contributed by atoms with Gasteiger partial charge in [-0.1, -0.05) is 0 Å². The minimum absolute atomic E-state index is 0.00781. The molecule has 0 bridgehead atoms. The SMILES string of the molecule is CCNC(=O)COC(=O)CCC(=O)c1ccc2c(c1)OCCO2. The molecule has 0 aromatic heterocycles. The van der Waals surface area contributed by atoms with Crippen LogP contribution in [0.25, 0.3) is 0 Å². The van der Waals surface area contributed by atoms with E-state index in [2.05, 4.69) is 5.32 Å². The van der Waals surface area contributed by atoms with Crippen LogP contribution < -0.4 is 14.8 Å². The minimum Gasteiger partial charge on any atom is -0.486 e. The summed E-state index contributed by atoms with van der Waals surface area (Å²) >= 11 is 0. The molecule has 1 N–H and O–H groups in total. The molecule has 1 aliphatic rings. The summed E-state index contributed by atoms with van der Waals surface area (Å²) in [6.07, 6.45) is -0.0689. The smallest absolute Gasteiger partial charge is 0.306 e. The summed E-state index contributed by atoms with van der Waals surface area (Å²) in [6, 6.07) is 4.92. The molecule has 1 aromatic carbocycles. The summed E-state index contributed by atoms with van der Waals surface area (Å²) in [5.41, 5.74) is 0.450. The van der Waals surface area contributed by atoms with E-state index < -0.39 is 5.97 Å². The average Bonchev–Trinajstić information content (AvgIpc) is 2.57. The Hall–Kier alpha value is -2.57. The van der Waals surface area contributed by atoms with Gasteiger partial charge in [-0.05, 0) is 25.1 Å². The van der Waals surface area contributed by atoms with Crippen LogP contribution >= 0.6 is 0 Å². The van der Waals surface area contributed by atoms with Crippen molar-refractivity contribution in [3.05, 3.63) is 23.8 Å². The van der Waals surface area contributed by atoms with Gasteiger partial charge in [0.05, 0.1) is 6.42 Å². The second kappa shape index (κ2) is 8.17. The van der Waals surface area contributed by atoms with Gasteiger partial charge in [0.2, 0.25) is 0 Å². The molecule has 2 rings (SSSR count). The van der Waals surface area contributed by atoms with Crippen molar-refractivity contribution in [2.24, 2.45) is 0 Å². The molecule has 7 heteroatoms. The molecule has 0 aliphatic carbocycles. The van der Waals surface area contributed by atoms with Crippen molar-refractivity contribution >= 4 is 17.7 Å². The van der Waals surface area contributed by atoms with Crippen molar-refractivity contribution in [2.45, 2.75) is 19.8 Å². The van der Waals surface area contributed by atoms with Crippen LogP contribution in [0.15, 0.2) is 18.2 Å². The summed E-state index contributed by atoms with van der Waals surface area (Å²) < 4.78 is 15.6. The maximum absolute atomic E-state index is 12.1. The van der Waals surface area contributed by atoms with Crippen LogP contribution in [0.4, 0.5) is 0 Å². The number of amides is 1. The molecule has 124 valence electrons. The predicted molar refractivity (Wildman–Crippen MR) is 80.6 cm³/mol. The van der Waals surface area contributed by atoms with Gasteiger partial charge in [0, 0.05) is 18.5 Å². The zero-order chi connectivity index (χ0) is 16.7. The van der Waals surface area contributed by atoms with Crippen LogP contribution in [0.2, 0.25) is 0 Å². The lowest BCUT2D eigenvalue weighted by atomic mass is 10.1. The maximum Gasteiger partial charge on any atom is 0.306 e. The van der Waals surface area contributed by atoms with Gasteiger partial charge in [-0.2, -0.15) is 0 Å². The molecular formula is C16H19NO6. The second-order valence-electron chi connectivity index (χ2n) is 4.90. The minimum atomic E-state index is -0.581. The van der Waals surface area contributed by atoms with Crippen LogP contribution in [-0.2, 0) is 14.3 Å². The summed E-state index contributed by atoms with van der Waals surface area (Å²) in [5, 5.41) is 2.51. The van der Waals surface area contributed by atoms with Gasteiger partial charge in [-0.3, -0.25) is 14.4 Å². The Morgan fingerprint density at radius 3 is 2.61 bits per heavy atom. The standard InChI is InChI=1S/C16H19NO6/c1-2-17-15(19)10-23-16(20)6-4-12(18)11-3-5-13-14(9-11)22-8-7-21-13/h3,5,9H,2,4,6-8,10H2,1H3,(H,17,19). The summed E-state index contributed by atoms with van der Waals surface area (Å²) in [7, 11) is 0. The van der Waals surface area contributed by atoms with Crippen molar-refractivity contribution in [1.29, 1.82) is 0 Å². The normalized spacial score (nSPS) is 12.4. The number of likely N-dealkylation sites (N-methyl/N-ethyl adjacent to an activating group) is 1. The lowest BCUT2D eigenvalue weighted by Crippen LogP contribution is -2.28. The first-order chi connectivity index (χ1) is 11.1. The van der Waals surface area contributed by atoms with E-state index in [0.29, 0.717) is 36.8 Å². The van der Waals surface area contributed by atoms with Gasteiger partial charge in [0.15, 0.2) is 23.9 Å². The number of hydrogen-bond acceptors (Lipinski definition) is 6. The zero-order valence-electron chi connectivity index (χ0n) is 12.9. The number of carbonyl (C=O) groups is 3. The quantitative estimate of drug-likeness (QED) is 0.597. The van der Waals surface area contributed by atoms with E-state index in [9.17, 15) is 14.4 Å². The molecule has 1 heterocycles. The highest BCUT2D eigenvalue weighted by atomic mass is 16.6. The first kappa shape index (κ1) is 16.8. The van der Waals surface area contributed by atoms with Crippen LogP contribution in [0.1, 0.15) is 30.1 Å². The Balaban J connectivity index is 1.80. The second-order valence-corrected chi connectivity index (χ2v) is 4.90. The molecule has 0 fully saturated rings. The average molecular weight is 321 g/mol. The monoisotopic (exact) mass is 321 g/mol. The Bertz CT molecular complexity index is 598. The van der Waals surface area contributed by atoms with E-state index in [0.717, 1.165) is 0 Å². The third kappa shape index (κ3) is 4.98. The highest BCUT2D eigenvalue weighted by Gasteiger charge is 2.16. The molecular weight excluding hydrogens is 302 g/mol. The van der Waals surface area contributed by atoms with Crippen molar-refractivity contribution in [3.63, 3.8) is 0 Å². The number of benzene rings is 1. The van der Waals surface area contributed by atoms with Gasteiger partial charge >= 0.3 is 5.97 Å². The molecule has 0 spiro atoms. The Labute approximate surface area is 133 Å². The first-order valence-electron chi connectivity index (χ1n) is 7.45. The van der Waals surface area contributed by atoms with Gasteiger partial charge in [-0.15, -0.1) is 0 Å². The number of esters is 1. The maximum atomic E-state index is 12.1. The molecule has 0 unspecified atom stereocenters. The molecule has 1 amide bonds. The Kier molecular flexibility index (Phi) is 5.96. The summed E-state index contributed by atoms with van der Waals surface area (Å²) in [5.74, 6) is -0.00634. The summed E-state index contributed by atoms with van der Waals surface area (Å²) in [4.78, 5) is 34.8. The van der Waals surface area contributed by atoms with E-state index in [1.165, 1.54) is 0 Å². The number of nitrogens with one attached hydrogen (secondary N) is 1. The number of carbonyl (C=O) groups excluding carboxylic acids is 3. The van der Waals surface area contributed by atoms with E-state index in [1.54, 1.807) is 25.1 Å². The zero-order valence-corrected chi connectivity index (χ0v) is 12.9. The molecule has 0 atom stereocenters. The van der Waals surface area contributed by atoms with E-state index in [-0.39, 0.29) is 31.1 Å². The van der Waals surface area contributed by atoms with Crippen LogP contribution in [0.3, 0.4) is 0 Å². The number of rotatable bonds is 7. The van der Waals surface area contributed by atoms with Gasteiger partial charge in [0.1, 0.15) is 13.2 Å². The van der Waals surface area contributed by atoms with Crippen molar-refractivity contribution in [1.82, 2.24) is 5.32 Å². The number of hydrogen-bond donors (Lipinski definition) is 1. The molecule has 0 saturated heterocycles. The van der Waals surface area contributed by atoms with Crippen LogP contribution in [0.5, 0.6) is 11.5 Å². The third-order valence-electron chi connectivity index (χ3n) is 3.16. The fourth-order valence-corrected chi connectivity index (χ4v) is 2.04. The van der Waals surface area contributed by atoms with Crippen molar-refractivity contribution < 1.29 is 28.6 Å². The number of ether oxygens (including phenoxy) is 3. The molecule has 1 aliphatic heterocycles. The van der Waals surface area contributed by atoms with Crippen molar-refractivity contribution in [2.75, 3.05) is 26.4 Å². The van der Waals surface area contributed by atoms with Crippen LogP contribution in [0, 0.1) is 0 Å². The van der Waals surface area contributed by atoms with E-state index >= 15 is 0 Å². The van der Waals surface area contributed by atoms with E-state index in [4.69, 9.17) is 14.2 Å². The van der Waals surface area contributed by atoms with Crippen LogP contribution in [-0.4, -0.2) is 44.0 Å².